The highest BCUT2D eigenvalue weighted by molar-refractivity contribution is 5.96. The SMILES string of the molecule is CC[C@@H](CNc1ncc(C(F)(F)F)cn1)N(C)C(=O)c1nc(OC)ccc1-n1nccn1. The molecule has 0 aromatic carbocycles. The molecule has 0 bridgehead atoms. The number of pyridine rings is 1. The van der Waals surface area contributed by atoms with Crippen LogP contribution in [0.15, 0.2) is 36.9 Å². The number of rotatable bonds is 8. The van der Waals surface area contributed by atoms with Crippen LogP contribution >= 0.6 is 0 Å². The summed E-state index contributed by atoms with van der Waals surface area (Å²) in [6.45, 7) is 2.09. The van der Waals surface area contributed by atoms with Crippen LogP contribution in [0.5, 0.6) is 5.88 Å². The Balaban J connectivity index is 1.76. The van der Waals surface area contributed by atoms with Crippen LogP contribution in [-0.2, 0) is 6.18 Å². The molecule has 0 spiro atoms. The van der Waals surface area contributed by atoms with Gasteiger partial charge in [-0.1, -0.05) is 6.92 Å². The Morgan fingerprint density at radius 1 is 1.22 bits per heavy atom. The van der Waals surface area contributed by atoms with Gasteiger partial charge in [-0.3, -0.25) is 4.79 Å². The molecular weight excluding hydrogens is 429 g/mol. The molecule has 0 aliphatic heterocycles. The van der Waals surface area contributed by atoms with Gasteiger partial charge in [-0.05, 0) is 12.5 Å². The average Bonchev–Trinajstić information content (AvgIpc) is 3.33. The molecule has 1 amide bonds. The Morgan fingerprint density at radius 3 is 2.44 bits per heavy atom. The zero-order valence-corrected chi connectivity index (χ0v) is 17.5. The molecule has 0 saturated heterocycles. The second-order valence-corrected chi connectivity index (χ2v) is 6.69. The van der Waals surface area contributed by atoms with Crippen LogP contribution in [0.2, 0.25) is 0 Å². The molecule has 3 aromatic rings. The number of likely N-dealkylation sites (N-methyl/N-ethyl adjacent to an activating group) is 1. The number of amides is 1. The molecule has 1 atom stereocenters. The number of methoxy groups -OCH3 is 1. The van der Waals surface area contributed by atoms with E-state index in [2.05, 4.69) is 30.5 Å². The molecule has 3 heterocycles. The third-order valence-corrected chi connectivity index (χ3v) is 4.71. The highest BCUT2D eigenvalue weighted by atomic mass is 19.4. The van der Waals surface area contributed by atoms with Crippen LogP contribution in [0, 0.1) is 0 Å². The summed E-state index contributed by atoms with van der Waals surface area (Å²) < 4.78 is 43.1. The average molecular weight is 450 g/mol. The summed E-state index contributed by atoms with van der Waals surface area (Å²) in [6, 6.07) is 2.89. The maximum atomic E-state index is 13.3. The van der Waals surface area contributed by atoms with Crippen molar-refractivity contribution in [1.29, 1.82) is 0 Å². The molecule has 3 aromatic heterocycles. The summed E-state index contributed by atoms with van der Waals surface area (Å²) in [6.07, 6.45) is 0.399. The molecular formula is C19H21F3N8O2. The van der Waals surface area contributed by atoms with Crippen molar-refractivity contribution < 1.29 is 22.7 Å². The van der Waals surface area contributed by atoms with Gasteiger partial charge in [0.1, 0.15) is 5.69 Å². The predicted octanol–water partition coefficient (Wildman–Crippen LogP) is 2.44. The Bertz CT molecular complexity index is 1040. The van der Waals surface area contributed by atoms with Crippen LogP contribution < -0.4 is 10.1 Å². The number of aromatic nitrogens is 6. The van der Waals surface area contributed by atoms with E-state index in [1.807, 2.05) is 6.92 Å². The summed E-state index contributed by atoms with van der Waals surface area (Å²) in [5.41, 5.74) is -0.472. The summed E-state index contributed by atoms with van der Waals surface area (Å²) in [5, 5.41) is 11.0. The number of anilines is 1. The summed E-state index contributed by atoms with van der Waals surface area (Å²) in [7, 11) is 3.04. The summed E-state index contributed by atoms with van der Waals surface area (Å²) in [4.78, 5) is 27.7. The number of hydrogen-bond acceptors (Lipinski definition) is 8. The van der Waals surface area contributed by atoms with Crippen molar-refractivity contribution in [1.82, 2.24) is 34.8 Å². The molecule has 0 saturated carbocycles. The minimum atomic E-state index is -4.51. The normalized spacial score (nSPS) is 12.3. The Morgan fingerprint density at radius 2 is 1.88 bits per heavy atom. The first kappa shape index (κ1) is 22.9. The Labute approximate surface area is 181 Å². The van der Waals surface area contributed by atoms with Crippen LogP contribution in [0.3, 0.4) is 0 Å². The number of carbonyl (C=O) groups excluding carboxylic acids is 1. The van der Waals surface area contributed by atoms with Gasteiger partial charge in [-0.2, -0.15) is 23.4 Å². The van der Waals surface area contributed by atoms with Gasteiger partial charge in [-0.25, -0.2) is 15.0 Å². The highest BCUT2D eigenvalue weighted by Gasteiger charge is 2.31. The lowest BCUT2D eigenvalue weighted by Crippen LogP contribution is -2.42. The summed E-state index contributed by atoms with van der Waals surface area (Å²) >= 11 is 0. The van der Waals surface area contributed by atoms with E-state index in [0.717, 1.165) is 0 Å². The topological polar surface area (TPSA) is 111 Å². The summed E-state index contributed by atoms with van der Waals surface area (Å²) in [5.74, 6) is -0.126. The van der Waals surface area contributed by atoms with Gasteiger partial charge in [0.15, 0.2) is 5.69 Å². The zero-order valence-electron chi connectivity index (χ0n) is 17.5. The fourth-order valence-corrected chi connectivity index (χ4v) is 2.87. The van der Waals surface area contributed by atoms with E-state index in [4.69, 9.17) is 4.74 Å². The standard InChI is InChI=1S/C19H21F3N8O2/c1-4-13(11-25-18-23-9-12(10-24-18)19(20,21)22)29(2)17(31)16-14(30-26-7-8-27-30)5-6-15(28-16)32-3/h5-10,13H,4,11H2,1-3H3,(H,23,24,25)/t13-/m0/s1. The van der Waals surface area contributed by atoms with Crippen LogP contribution in [0.25, 0.3) is 5.69 Å². The van der Waals surface area contributed by atoms with Gasteiger partial charge < -0.3 is 15.0 Å². The van der Waals surface area contributed by atoms with Gasteiger partial charge in [0.05, 0.1) is 25.1 Å². The molecule has 32 heavy (non-hydrogen) atoms. The number of carbonyl (C=O) groups is 1. The second-order valence-electron chi connectivity index (χ2n) is 6.69. The van der Waals surface area contributed by atoms with E-state index in [1.54, 1.807) is 19.2 Å². The lowest BCUT2D eigenvalue weighted by molar-refractivity contribution is -0.138. The number of hydrogen-bond donors (Lipinski definition) is 1. The van der Waals surface area contributed by atoms with Gasteiger partial charge >= 0.3 is 6.18 Å². The Hall–Kier alpha value is -3.77. The van der Waals surface area contributed by atoms with Gasteiger partial charge in [0.25, 0.3) is 5.91 Å². The van der Waals surface area contributed by atoms with Crippen molar-refractivity contribution in [2.75, 3.05) is 26.0 Å². The molecule has 3 rings (SSSR count). The molecule has 10 nitrogen and oxygen atoms in total. The van der Waals surface area contributed by atoms with Crippen LogP contribution in [0.1, 0.15) is 29.4 Å². The molecule has 1 N–H and O–H groups in total. The van der Waals surface area contributed by atoms with Gasteiger partial charge in [0, 0.05) is 38.1 Å². The Kier molecular flexibility index (Phi) is 6.85. The largest absolute Gasteiger partial charge is 0.481 e. The van der Waals surface area contributed by atoms with Crippen molar-refractivity contribution in [3.63, 3.8) is 0 Å². The van der Waals surface area contributed by atoms with Crippen molar-refractivity contribution in [3.05, 3.63) is 48.2 Å². The highest BCUT2D eigenvalue weighted by Crippen LogP contribution is 2.28. The minimum absolute atomic E-state index is 0.0261. The smallest absolute Gasteiger partial charge is 0.419 e. The molecule has 170 valence electrons. The molecule has 0 aliphatic carbocycles. The third-order valence-electron chi connectivity index (χ3n) is 4.71. The maximum absolute atomic E-state index is 13.3. The first-order valence-corrected chi connectivity index (χ1v) is 9.56. The number of alkyl halides is 3. The fraction of sp³-hybridized carbons (Fsp3) is 0.368. The first-order chi connectivity index (χ1) is 15.2. The third kappa shape index (κ3) is 5.10. The van der Waals surface area contributed by atoms with E-state index in [-0.39, 0.29) is 30.1 Å². The van der Waals surface area contributed by atoms with E-state index >= 15 is 0 Å². The van der Waals surface area contributed by atoms with Crippen LogP contribution in [-0.4, -0.2) is 67.5 Å². The second kappa shape index (κ2) is 9.58. The lowest BCUT2D eigenvalue weighted by atomic mass is 10.1. The lowest BCUT2D eigenvalue weighted by Gasteiger charge is -2.28. The molecule has 13 heteroatoms. The molecule has 0 radical (unpaired) electrons. The van der Waals surface area contributed by atoms with Crippen molar-refractivity contribution in [2.45, 2.75) is 25.6 Å². The van der Waals surface area contributed by atoms with Crippen molar-refractivity contribution in [3.8, 4) is 11.6 Å². The zero-order chi connectivity index (χ0) is 23.3. The van der Waals surface area contributed by atoms with Crippen molar-refractivity contribution in [2.24, 2.45) is 0 Å². The molecule has 0 aliphatic rings. The maximum Gasteiger partial charge on any atom is 0.419 e. The number of nitrogens with one attached hydrogen (secondary N) is 1. The minimum Gasteiger partial charge on any atom is -0.481 e. The monoisotopic (exact) mass is 450 g/mol. The predicted molar refractivity (Wildman–Crippen MR) is 107 cm³/mol. The van der Waals surface area contributed by atoms with E-state index in [0.29, 0.717) is 24.5 Å². The van der Waals surface area contributed by atoms with E-state index < -0.39 is 17.6 Å². The van der Waals surface area contributed by atoms with Gasteiger partial charge in [-0.15, -0.1) is 4.80 Å². The molecule has 0 fully saturated rings. The van der Waals surface area contributed by atoms with E-state index in [1.165, 1.54) is 29.2 Å². The fourth-order valence-electron chi connectivity index (χ4n) is 2.87. The number of halogens is 3. The number of ether oxygens (including phenoxy) is 1. The van der Waals surface area contributed by atoms with E-state index in [9.17, 15) is 18.0 Å². The first-order valence-electron chi connectivity index (χ1n) is 9.56. The van der Waals surface area contributed by atoms with Gasteiger partial charge in [0.2, 0.25) is 11.8 Å². The van der Waals surface area contributed by atoms with Crippen LogP contribution in [0.4, 0.5) is 19.1 Å². The van der Waals surface area contributed by atoms with Crippen molar-refractivity contribution >= 4 is 11.9 Å². The quantitative estimate of drug-likeness (QED) is 0.557. The number of nitrogens with zero attached hydrogens (tertiary/aromatic N) is 7. The molecule has 0 unspecified atom stereocenters.